The van der Waals surface area contributed by atoms with Crippen LogP contribution in [-0.2, 0) is 5.54 Å². The summed E-state index contributed by atoms with van der Waals surface area (Å²) in [5, 5.41) is 5.16. The average molecular weight is 319 g/mol. The van der Waals surface area contributed by atoms with E-state index >= 15 is 0 Å². The molecule has 1 heterocycles. The highest BCUT2D eigenvalue weighted by atomic mass is 32.1. The number of benzene rings is 1. The van der Waals surface area contributed by atoms with Crippen LogP contribution in [-0.4, -0.2) is 13.0 Å². The van der Waals surface area contributed by atoms with Gasteiger partial charge in [-0.25, -0.2) is 4.39 Å². The molecule has 0 saturated heterocycles. The topological polar surface area (TPSA) is 38.3 Å². The first-order valence-electron chi connectivity index (χ1n) is 7.35. The summed E-state index contributed by atoms with van der Waals surface area (Å²) in [6.45, 7) is 0. The van der Waals surface area contributed by atoms with E-state index in [0.29, 0.717) is 5.56 Å². The molecule has 0 radical (unpaired) electrons. The molecule has 0 atom stereocenters. The second kappa shape index (κ2) is 6.08. The van der Waals surface area contributed by atoms with Crippen LogP contribution >= 0.6 is 11.3 Å². The number of carbonyl (C=O) groups is 1. The normalized spacial score (nSPS) is 16.5. The van der Waals surface area contributed by atoms with Crippen molar-refractivity contribution in [1.29, 1.82) is 0 Å². The highest BCUT2D eigenvalue weighted by Gasteiger charge is 2.38. The van der Waals surface area contributed by atoms with Crippen LogP contribution in [0, 0.1) is 5.82 Å². The lowest BCUT2D eigenvalue weighted by Crippen LogP contribution is -2.43. The second-order valence-electron chi connectivity index (χ2n) is 5.57. The van der Waals surface area contributed by atoms with Gasteiger partial charge in [0.25, 0.3) is 5.91 Å². The van der Waals surface area contributed by atoms with Crippen molar-refractivity contribution in [3.63, 3.8) is 0 Å². The van der Waals surface area contributed by atoms with Gasteiger partial charge in [0.05, 0.1) is 12.6 Å². The Hall–Kier alpha value is -1.88. The molecule has 0 bridgehead atoms. The van der Waals surface area contributed by atoms with Crippen molar-refractivity contribution < 1.29 is 13.9 Å². The third-order valence-corrected chi connectivity index (χ3v) is 5.29. The van der Waals surface area contributed by atoms with Gasteiger partial charge in [0, 0.05) is 10.4 Å². The SMILES string of the molecule is COc1ccc(C(=O)NC2(c3cccs3)CCCC2)cc1F. The van der Waals surface area contributed by atoms with Crippen LogP contribution in [0.25, 0.3) is 0 Å². The monoisotopic (exact) mass is 319 g/mol. The minimum absolute atomic E-state index is 0.144. The van der Waals surface area contributed by atoms with Crippen LogP contribution in [0.15, 0.2) is 35.7 Å². The summed E-state index contributed by atoms with van der Waals surface area (Å²) >= 11 is 1.66. The van der Waals surface area contributed by atoms with Crippen LogP contribution < -0.4 is 10.1 Å². The minimum atomic E-state index is -0.522. The van der Waals surface area contributed by atoms with Crippen molar-refractivity contribution in [3.8, 4) is 5.75 Å². The number of nitrogens with one attached hydrogen (secondary N) is 1. The lowest BCUT2D eigenvalue weighted by Gasteiger charge is -2.29. The summed E-state index contributed by atoms with van der Waals surface area (Å²) in [5.41, 5.74) is 0.0166. The van der Waals surface area contributed by atoms with Crippen molar-refractivity contribution in [3.05, 3.63) is 52.0 Å². The molecular weight excluding hydrogens is 301 g/mol. The molecule has 2 aromatic rings. The molecule has 0 spiro atoms. The van der Waals surface area contributed by atoms with Crippen LogP contribution in [0.3, 0.4) is 0 Å². The van der Waals surface area contributed by atoms with Gasteiger partial charge in [0.2, 0.25) is 0 Å². The summed E-state index contributed by atoms with van der Waals surface area (Å²) in [6, 6.07) is 8.36. The van der Waals surface area contributed by atoms with E-state index in [-0.39, 0.29) is 17.2 Å². The van der Waals surface area contributed by atoms with E-state index < -0.39 is 5.82 Å². The van der Waals surface area contributed by atoms with Crippen LogP contribution in [0.5, 0.6) is 5.75 Å². The number of ether oxygens (including phenoxy) is 1. The smallest absolute Gasteiger partial charge is 0.252 e. The van der Waals surface area contributed by atoms with Gasteiger partial charge >= 0.3 is 0 Å². The number of rotatable bonds is 4. The maximum Gasteiger partial charge on any atom is 0.252 e. The molecule has 3 nitrogen and oxygen atoms in total. The third-order valence-electron chi connectivity index (χ3n) is 4.22. The van der Waals surface area contributed by atoms with E-state index in [4.69, 9.17) is 4.74 Å². The van der Waals surface area contributed by atoms with Crippen molar-refractivity contribution in [1.82, 2.24) is 5.32 Å². The Morgan fingerprint density at radius 1 is 1.32 bits per heavy atom. The lowest BCUT2D eigenvalue weighted by molar-refractivity contribution is 0.0899. The molecule has 116 valence electrons. The molecule has 3 rings (SSSR count). The van der Waals surface area contributed by atoms with E-state index in [9.17, 15) is 9.18 Å². The van der Waals surface area contributed by atoms with E-state index in [1.807, 2.05) is 11.4 Å². The average Bonchev–Trinajstić information content (AvgIpc) is 3.19. The van der Waals surface area contributed by atoms with Gasteiger partial charge in [-0.2, -0.15) is 0 Å². The molecular formula is C17H18FNO2S. The first-order valence-corrected chi connectivity index (χ1v) is 8.23. The molecule has 1 N–H and O–H groups in total. The van der Waals surface area contributed by atoms with Gasteiger partial charge in [-0.1, -0.05) is 18.9 Å². The van der Waals surface area contributed by atoms with Crippen LogP contribution in [0.2, 0.25) is 0 Å². The zero-order valence-corrected chi connectivity index (χ0v) is 13.2. The fraction of sp³-hybridized carbons (Fsp3) is 0.353. The highest BCUT2D eigenvalue weighted by Crippen LogP contribution is 2.41. The number of amides is 1. The number of hydrogen-bond donors (Lipinski definition) is 1. The summed E-state index contributed by atoms with van der Waals surface area (Å²) in [7, 11) is 1.41. The van der Waals surface area contributed by atoms with E-state index in [1.54, 1.807) is 17.4 Å². The largest absolute Gasteiger partial charge is 0.494 e. The van der Waals surface area contributed by atoms with Gasteiger partial charge in [0.1, 0.15) is 0 Å². The standard InChI is InChI=1S/C17H18FNO2S/c1-21-14-7-6-12(11-13(14)18)16(20)19-17(8-2-3-9-17)15-5-4-10-22-15/h4-7,10-11H,2-3,8-9H2,1H3,(H,19,20). The Bertz CT molecular complexity index is 663. The maximum atomic E-state index is 13.8. The van der Waals surface area contributed by atoms with Gasteiger partial charge in [0.15, 0.2) is 11.6 Å². The molecule has 5 heteroatoms. The van der Waals surface area contributed by atoms with E-state index in [1.165, 1.54) is 24.1 Å². The van der Waals surface area contributed by atoms with Crippen molar-refractivity contribution in [2.45, 2.75) is 31.2 Å². The van der Waals surface area contributed by atoms with Crippen molar-refractivity contribution in [2.24, 2.45) is 0 Å². The zero-order valence-electron chi connectivity index (χ0n) is 12.4. The van der Waals surface area contributed by atoms with Gasteiger partial charge < -0.3 is 10.1 Å². The number of methoxy groups -OCH3 is 1. The molecule has 0 aliphatic heterocycles. The highest BCUT2D eigenvalue weighted by molar-refractivity contribution is 7.10. The Morgan fingerprint density at radius 3 is 2.68 bits per heavy atom. The molecule has 1 saturated carbocycles. The lowest BCUT2D eigenvalue weighted by atomic mass is 9.94. The molecule has 22 heavy (non-hydrogen) atoms. The Labute approximate surface area is 133 Å². The summed E-state index contributed by atoms with van der Waals surface area (Å²) in [4.78, 5) is 13.7. The fourth-order valence-corrected chi connectivity index (χ4v) is 4.00. The summed E-state index contributed by atoms with van der Waals surface area (Å²) < 4.78 is 18.7. The molecule has 1 aliphatic carbocycles. The Morgan fingerprint density at radius 2 is 2.09 bits per heavy atom. The Kier molecular flexibility index (Phi) is 4.16. The quantitative estimate of drug-likeness (QED) is 0.921. The van der Waals surface area contributed by atoms with Crippen LogP contribution in [0.4, 0.5) is 4.39 Å². The molecule has 1 aliphatic rings. The zero-order chi connectivity index (χ0) is 15.6. The first-order chi connectivity index (χ1) is 10.6. The molecule has 1 aromatic heterocycles. The summed E-state index contributed by atoms with van der Waals surface area (Å²) in [5.74, 6) is -0.617. The fourth-order valence-electron chi connectivity index (χ4n) is 3.06. The number of thiophene rings is 1. The number of hydrogen-bond acceptors (Lipinski definition) is 3. The number of carbonyl (C=O) groups excluding carboxylic acids is 1. The molecule has 1 fully saturated rings. The molecule has 1 amide bonds. The van der Waals surface area contributed by atoms with Crippen molar-refractivity contribution >= 4 is 17.2 Å². The number of halogens is 1. The maximum absolute atomic E-state index is 13.8. The van der Waals surface area contributed by atoms with Crippen molar-refractivity contribution in [2.75, 3.05) is 7.11 Å². The van der Waals surface area contributed by atoms with Gasteiger partial charge in [-0.3, -0.25) is 4.79 Å². The van der Waals surface area contributed by atoms with E-state index in [2.05, 4.69) is 11.4 Å². The predicted molar refractivity (Wildman–Crippen MR) is 84.9 cm³/mol. The predicted octanol–water partition coefficient (Wildman–Crippen LogP) is 4.10. The van der Waals surface area contributed by atoms with Crippen LogP contribution in [0.1, 0.15) is 40.9 Å². The minimum Gasteiger partial charge on any atom is -0.494 e. The van der Waals surface area contributed by atoms with Gasteiger partial charge in [-0.15, -0.1) is 11.3 Å². The second-order valence-corrected chi connectivity index (χ2v) is 6.52. The molecule has 0 unspecified atom stereocenters. The molecule has 1 aromatic carbocycles. The van der Waals surface area contributed by atoms with Gasteiger partial charge in [-0.05, 0) is 42.5 Å². The van der Waals surface area contributed by atoms with E-state index in [0.717, 1.165) is 25.7 Å². The third kappa shape index (κ3) is 2.73. The summed E-state index contributed by atoms with van der Waals surface area (Å²) in [6.07, 6.45) is 4.04. The Balaban J connectivity index is 1.84. The first kappa shape index (κ1) is 15.0.